The quantitative estimate of drug-likeness (QED) is 0.438. The van der Waals surface area contributed by atoms with Gasteiger partial charge in [0, 0.05) is 6.07 Å². The molecule has 0 heterocycles. The molecular formula is C17H16N2O7. The van der Waals surface area contributed by atoms with Crippen LogP contribution >= 0.6 is 0 Å². The Bertz CT molecular complexity index is 808. The molecule has 2 N–H and O–H groups in total. The lowest BCUT2D eigenvalue weighted by molar-refractivity contribution is -0.384. The van der Waals surface area contributed by atoms with E-state index in [9.17, 15) is 24.8 Å². The maximum Gasteiger partial charge on any atom is 0.340 e. The molecule has 0 aromatic heterocycles. The van der Waals surface area contributed by atoms with Gasteiger partial charge in [0.1, 0.15) is 5.75 Å². The lowest BCUT2D eigenvalue weighted by Gasteiger charge is -2.12. The summed E-state index contributed by atoms with van der Waals surface area (Å²) in [7, 11) is 1.30. The fraction of sp³-hybridized carbons (Fsp3) is 0.176. The van der Waals surface area contributed by atoms with E-state index in [-0.39, 0.29) is 17.1 Å². The number of hydrogen-bond donors (Lipinski definition) is 2. The van der Waals surface area contributed by atoms with E-state index in [2.05, 4.69) is 5.32 Å². The Hall–Kier alpha value is -3.46. The van der Waals surface area contributed by atoms with Crippen molar-refractivity contribution in [2.45, 2.75) is 6.10 Å². The molecule has 9 heteroatoms. The van der Waals surface area contributed by atoms with Crippen molar-refractivity contribution in [3.8, 4) is 5.75 Å². The van der Waals surface area contributed by atoms with Gasteiger partial charge in [-0.25, -0.2) is 4.79 Å². The van der Waals surface area contributed by atoms with Gasteiger partial charge < -0.3 is 19.9 Å². The van der Waals surface area contributed by atoms with Crippen LogP contribution in [0.3, 0.4) is 0 Å². The molecular weight excluding hydrogens is 344 g/mol. The molecule has 2 aromatic carbocycles. The molecule has 26 heavy (non-hydrogen) atoms. The Morgan fingerprint density at radius 3 is 2.54 bits per heavy atom. The lowest BCUT2D eigenvalue weighted by atomic mass is 10.1. The highest BCUT2D eigenvalue weighted by atomic mass is 16.6. The number of benzene rings is 2. The summed E-state index contributed by atoms with van der Waals surface area (Å²) in [5.74, 6) is -1.57. The molecule has 0 spiro atoms. The summed E-state index contributed by atoms with van der Waals surface area (Å²) in [6.45, 7) is -0.636. The topological polar surface area (TPSA) is 128 Å². The van der Waals surface area contributed by atoms with Gasteiger partial charge in [-0.3, -0.25) is 14.9 Å². The summed E-state index contributed by atoms with van der Waals surface area (Å²) in [5, 5.41) is 23.0. The molecule has 0 aliphatic carbocycles. The van der Waals surface area contributed by atoms with Gasteiger partial charge in [-0.1, -0.05) is 30.3 Å². The number of nitrogens with zero attached hydrogens (tertiary/aromatic N) is 1. The van der Waals surface area contributed by atoms with Crippen LogP contribution in [0.1, 0.15) is 11.7 Å². The van der Waals surface area contributed by atoms with Crippen LogP contribution in [-0.4, -0.2) is 35.6 Å². The molecule has 0 bridgehead atoms. The maximum absolute atomic E-state index is 11.9. The highest BCUT2D eigenvalue weighted by Gasteiger charge is 2.20. The molecule has 1 amide bonds. The molecule has 0 unspecified atom stereocenters. The number of esters is 1. The fourth-order valence-electron chi connectivity index (χ4n) is 2.07. The molecule has 2 aromatic rings. The molecule has 0 aliphatic heterocycles. The zero-order valence-corrected chi connectivity index (χ0v) is 13.7. The Kier molecular flexibility index (Phi) is 6.23. The van der Waals surface area contributed by atoms with Crippen molar-refractivity contribution >= 4 is 23.3 Å². The van der Waals surface area contributed by atoms with Crippen LogP contribution in [0.5, 0.6) is 5.75 Å². The van der Waals surface area contributed by atoms with Gasteiger partial charge in [0.2, 0.25) is 0 Å². The molecule has 9 nitrogen and oxygen atoms in total. The largest absolute Gasteiger partial charge is 0.494 e. The van der Waals surface area contributed by atoms with E-state index in [1.165, 1.54) is 19.2 Å². The summed E-state index contributed by atoms with van der Waals surface area (Å²) >= 11 is 0. The number of carbonyl (C=O) groups excluding carboxylic acids is 2. The summed E-state index contributed by atoms with van der Waals surface area (Å²) < 4.78 is 9.77. The molecule has 2 rings (SSSR count). The molecule has 0 radical (unpaired) electrons. The van der Waals surface area contributed by atoms with Crippen molar-refractivity contribution in [1.82, 2.24) is 0 Å². The third-order valence-electron chi connectivity index (χ3n) is 3.35. The van der Waals surface area contributed by atoms with Crippen LogP contribution in [-0.2, 0) is 14.3 Å². The summed E-state index contributed by atoms with van der Waals surface area (Å²) in [5.41, 5.74) is 0.329. The number of amides is 1. The van der Waals surface area contributed by atoms with Crippen LogP contribution in [0.4, 0.5) is 11.4 Å². The second-order valence-corrected chi connectivity index (χ2v) is 5.11. The van der Waals surface area contributed by atoms with Crippen LogP contribution in [0, 0.1) is 10.1 Å². The number of rotatable bonds is 7. The number of methoxy groups -OCH3 is 1. The average Bonchev–Trinajstić information content (AvgIpc) is 2.66. The Balaban J connectivity index is 1.94. The minimum absolute atomic E-state index is 0.0863. The van der Waals surface area contributed by atoms with Gasteiger partial charge >= 0.3 is 5.97 Å². The first-order chi connectivity index (χ1) is 12.4. The van der Waals surface area contributed by atoms with Gasteiger partial charge in [-0.15, -0.1) is 0 Å². The van der Waals surface area contributed by atoms with Crippen molar-refractivity contribution < 1.29 is 29.1 Å². The SMILES string of the molecule is COc1cc([N+](=O)[O-])ccc1NC(=O)COC(=O)[C@@H](O)c1ccccc1. The van der Waals surface area contributed by atoms with Crippen LogP contribution in [0.15, 0.2) is 48.5 Å². The van der Waals surface area contributed by atoms with E-state index >= 15 is 0 Å². The van der Waals surface area contributed by atoms with Crippen LogP contribution in [0.25, 0.3) is 0 Å². The minimum atomic E-state index is -1.50. The maximum atomic E-state index is 11.9. The van der Waals surface area contributed by atoms with Gasteiger partial charge in [-0.05, 0) is 11.6 Å². The molecule has 1 atom stereocenters. The van der Waals surface area contributed by atoms with Crippen molar-refractivity contribution in [1.29, 1.82) is 0 Å². The molecule has 0 fully saturated rings. The lowest BCUT2D eigenvalue weighted by Crippen LogP contribution is -2.24. The predicted octanol–water partition coefficient (Wildman–Crippen LogP) is 1.82. The number of ether oxygens (including phenoxy) is 2. The number of nitro groups is 1. The van der Waals surface area contributed by atoms with Crippen LogP contribution in [0.2, 0.25) is 0 Å². The fourth-order valence-corrected chi connectivity index (χ4v) is 2.07. The summed E-state index contributed by atoms with van der Waals surface area (Å²) in [6, 6.07) is 11.8. The normalized spacial score (nSPS) is 11.3. The van der Waals surface area contributed by atoms with Crippen molar-refractivity contribution in [3.05, 3.63) is 64.2 Å². The second-order valence-electron chi connectivity index (χ2n) is 5.11. The number of hydrogen-bond acceptors (Lipinski definition) is 7. The van der Waals surface area contributed by atoms with E-state index in [4.69, 9.17) is 9.47 Å². The number of nitro benzene ring substituents is 1. The number of non-ortho nitro benzene ring substituents is 1. The third-order valence-corrected chi connectivity index (χ3v) is 3.35. The number of aliphatic hydroxyl groups is 1. The Labute approximate surface area is 148 Å². The first-order valence-corrected chi connectivity index (χ1v) is 7.44. The second kappa shape index (κ2) is 8.58. The predicted molar refractivity (Wildman–Crippen MR) is 90.6 cm³/mol. The van der Waals surface area contributed by atoms with E-state index in [1.807, 2.05) is 0 Å². The number of anilines is 1. The molecule has 136 valence electrons. The Morgan fingerprint density at radius 2 is 1.92 bits per heavy atom. The van der Waals surface area contributed by atoms with Crippen molar-refractivity contribution in [2.75, 3.05) is 19.0 Å². The number of carbonyl (C=O) groups is 2. The van der Waals surface area contributed by atoms with E-state index < -0.39 is 29.5 Å². The molecule has 0 saturated carbocycles. The zero-order valence-electron chi connectivity index (χ0n) is 13.7. The molecule has 0 saturated heterocycles. The van der Waals surface area contributed by atoms with Gasteiger partial charge in [0.15, 0.2) is 12.7 Å². The van der Waals surface area contributed by atoms with Crippen molar-refractivity contribution in [3.63, 3.8) is 0 Å². The standard InChI is InChI=1S/C17H16N2O7/c1-25-14-9-12(19(23)24)7-8-13(14)18-15(20)10-26-17(22)16(21)11-5-3-2-4-6-11/h2-9,16,21H,10H2,1H3,(H,18,20)/t16-/m0/s1. The summed E-state index contributed by atoms with van der Waals surface area (Å²) in [4.78, 5) is 33.8. The minimum Gasteiger partial charge on any atom is -0.494 e. The van der Waals surface area contributed by atoms with E-state index in [0.29, 0.717) is 5.56 Å². The summed E-state index contributed by atoms with van der Waals surface area (Å²) in [6.07, 6.45) is -1.50. The van der Waals surface area contributed by atoms with E-state index in [1.54, 1.807) is 30.3 Å². The van der Waals surface area contributed by atoms with Crippen LogP contribution < -0.4 is 10.1 Å². The smallest absolute Gasteiger partial charge is 0.340 e. The number of nitrogens with one attached hydrogen (secondary N) is 1. The van der Waals surface area contributed by atoms with E-state index in [0.717, 1.165) is 6.07 Å². The zero-order chi connectivity index (χ0) is 19.1. The van der Waals surface area contributed by atoms with Gasteiger partial charge in [0.25, 0.3) is 11.6 Å². The monoisotopic (exact) mass is 360 g/mol. The molecule has 0 aliphatic rings. The van der Waals surface area contributed by atoms with Gasteiger partial charge in [0.05, 0.1) is 23.8 Å². The number of aliphatic hydroxyl groups excluding tert-OH is 1. The highest BCUT2D eigenvalue weighted by Crippen LogP contribution is 2.28. The first kappa shape index (κ1) is 18.9. The van der Waals surface area contributed by atoms with Gasteiger partial charge in [-0.2, -0.15) is 0 Å². The average molecular weight is 360 g/mol. The van der Waals surface area contributed by atoms with Crippen molar-refractivity contribution in [2.24, 2.45) is 0 Å². The highest BCUT2D eigenvalue weighted by molar-refractivity contribution is 5.94. The first-order valence-electron chi connectivity index (χ1n) is 7.44. The Morgan fingerprint density at radius 1 is 1.23 bits per heavy atom. The third kappa shape index (κ3) is 4.77.